The average molecular weight is 271 g/mol. The molecular formula is C8H7BrN4S. The summed E-state index contributed by atoms with van der Waals surface area (Å²) < 4.78 is 1.07. The summed E-state index contributed by atoms with van der Waals surface area (Å²) in [6.45, 7) is 0. The van der Waals surface area contributed by atoms with Gasteiger partial charge in [-0.2, -0.15) is 0 Å². The Kier molecular flexibility index (Phi) is 2.74. The zero-order valence-electron chi connectivity index (χ0n) is 7.36. The number of aromatic nitrogens is 3. The highest BCUT2D eigenvalue weighted by Crippen LogP contribution is 2.32. The SMILES string of the molecule is CNc1ncnnc1-c1ccc(Br)s1. The molecule has 6 heteroatoms. The Balaban J connectivity index is 2.50. The monoisotopic (exact) mass is 270 g/mol. The molecule has 0 saturated heterocycles. The normalized spacial score (nSPS) is 10.1. The Morgan fingerprint density at radius 1 is 1.43 bits per heavy atom. The molecule has 0 amide bonds. The minimum atomic E-state index is 0.745. The summed E-state index contributed by atoms with van der Waals surface area (Å²) >= 11 is 5.01. The van der Waals surface area contributed by atoms with E-state index in [0.717, 1.165) is 20.2 Å². The molecule has 4 nitrogen and oxygen atoms in total. The van der Waals surface area contributed by atoms with Gasteiger partial charge in [-0.15, -0.1) is 21.5 Å². The Morgan fingerprint density at radius 2 is 2.29 bits per heavy atom. The van der Waals surface area contributed by atoms with Crippen molar-refractivity contribution in [3.05, 3.63) is 22.2 Å². The number of hydrogen-bond donors (Lipinski definition) is 1. The van der Waals surface area contributed by atoms with Crippen LogP contribution in [0.2, 0.25) is 0 Å². The molecule has 0 aromatic carbocycles. The first kappa shape index (κ1) is 9.54. The van der Waals surface area contributed by atoms with Gasteiger partial charge in [0, 0.05) is 7.05 Å². The van der Waals surface area contributed by atoms with E-state index in [2.05, 4.69) is 36.4 Å². The quantitative estimate of drug-likeness (QED) is 0.911. The van der Waals surface area contributed by atoms with Crippen LogP contribution in [0.1, 0.15) is 0 Å². The van der Waals surface area contributed by atoms with Gasteiger partial charge in [-0.1, -0.05) is 0 Å². The summed E-state index contributed by atoms with van der Waals surface area (Å²) in [6, 6.07) is 3.97. The lowest BCUT2D eigenvalue weighted by Crippen LogP contribution is -1.98. The second-order valence-corrected chi connectivity index (χ2v) is 4.97. The largest absolute Gasteiger partial charge is 0.371 e. The zero-order chi connectivity index (χ0) is 9.97. The molecule has 0 spiro atoms. The van der Waals surface area contributed by atoms with E-state index >= 15 is 0 Å². The molecule has 0 unspecified atom stereocenters. The van der Waals surface area contributed by atoms with Crippen LogP contribution in [0.5, 0.6) is 0 Å². The Bertz CT molecular complexity index is 442. The summed E-state index contributed by atoms with van der Waals surface area (Å²) in [7, 11) is 1.82. The molecule has 0 saturated carbocycles. The summed E-state index contributed by atoms with van der Waals surface area (Å²) in [4.78, 5) is 5.13. The molecule has 2 aromatic heterocycles. The smallest absolute Gasteiger partial charge is 0.157 e. The molecule has 2 aromatic rings. The highest BCUT2D eigenvalue weighted by molar-refractivity contribution is 9.11. The number of rotatable bonds is 2. The van der Waals surface area contributed by atoms with Crippen LogP contribution in [0.15, 0.2) is 22.2 Å². The van der Waals surface area contributed by atoms with E-state index in [1.807, 2.05) is 19.2 Å². The highest BCUT2D eigenvalue weighted by Gasteiger charge is 2.09. The van der Waals surface area contributed by atoms with Gasteiger partial charge >= 0.3 is 0 Å². The number of hydrogen-bond acceptors (Lipinski definition) is 5. The molecule has 72 valence electrons. The molecule has 0 aliphatic heterocycles. The third-order valence-corrected chi connectivity index (χ3v) is 3.29. The Labute approximate surface area is 93.5 Å². The lowest BCUT2D eigenvalue weighted by atomic mass is 10.3. The van der Waals surface area contributed by atoms with Crippen molar-refractivity contribution in [3.8, 4) is 10.6 Å². The van der Waals surface area contributed by atoms with E-state index in [1.165, 1.54) is 6.33 Å². The number of anilines is 1. The lowest BCUT2D eigenvalue weighted by molar-refractivity contribution is 0.980. The predicted octanol–water partition coefficient (Wildman–Crippen LogP) is 2.40. The van der Waals surface area contributed by atoms with Crippen molar-refractivity contribution in [1.82, 2.24) is 15.2 Å². The van der Waals surface area contributed by atoms with Crippen molar-refractivity contribution in [2.24, 2.45) is 0 Å². The van der Waals surface area contributed by atoms with E-state index < -0.39 is 0 Å². The van der Waals surface area contributed by atoms with Gasteiger partial charge in [0.15, 0.2) is 5.82 Å². The molecule has 0 bridgehead atoms. The van der Waals surface area contributed by atoms with Gasteiger partial charge in [0.25, 0.3) is 0 Å². The van der Waals surface area contributed by atoms with E-state index in [4.69, 9.17) is 0 Å². The van der Waals surface area contributed by atoms with Crippen molar-refractivity contribution >= 4 is 33.1 Å². The Morgan fingerprint density at radius 3 is 2.93 bits per heavy atom. The first-order chi connectivity index (χ1) is 6.81. The number of thiophene rings is 1. The fraction of sp³-hybridized carbons (Fsp3) is 0.125. The third kappa shape index (κ3) is 1.76. The van der Waals surface area contributed by atoms with Crippen LogP contribution < -0.4 is 5.32 Å². The van der Waals surface area contributed by atoms with Crippen LogP contribution in [0.3, 0.4) is 0 Å². The molecule has 0 aliphatic rings. The zero-order valence-corrected chi connectivity index (χ0v) is 9.76. The number of nitrogens with zero attached hydrogens (tertiary/aromatic N) is 3. The molecule has 0 atom stereocenters. The maximum Gasteiger partial charge on any atom is 0.157 e. The van der Waals surface area contributed by atoms with Crippen molar-refractivity contribution in [1.29, 1.82) is 0 Å². The summed E-state index contributed by atoms with van der Waals surface area (Å²) in [5, 5.41) is 10.8. The van der Waals surface area contributed by atoms with Crippen molar-refractivity contribution in [2.45, 2.75) is 0 Å². The Hall–Kier alpha value is -1.01. The maximum absolute atomic E-state index is 4.09. The first-order valence-corrected chi connectivity index (χ1v) is 5.53. The van der Waals surface area contributed by atoms with E-state index in [0.29, 0.717) is 0 Å². The average Bonchev–Trinajstić information content (AvgIpc) is 2.65. The molecule has 1 N–H and O–H groups in total. The van der Waals surface area contributed by atoms with Crippen LogP contribution in [-0.2, 0) is 0 Å². The number of halogens is 1. The molecule has 14 heavy (non-hydrogen) atoms. The highest BCUT2D eigenvalue weighted by atomic mass is 79.9. The van der Waals surface area contributed by atoms with Crippen molar-refractivity contribution < 1.29 is 0 Å². The van der Waals surface area contributed by atoms with Gasteiger partial charge in [0.2, 0.25) is 0 Å². The van der Waals surface area contributed by atoms with E-state index in [-0.39, 0.29) is 0 Å². The third-order valence-electron chi connectivity index (χ3n) is 1.66. The summed E-state index contributed by atoms with van der Waals surface area (Å²) in [5.74, 6) is 0.745. The van der Waals surface area contributed by atoms with Gasteiger partial charge in [0.1, 0.15) is 12.0 Å². The van der Waals surface area contributed by atoms with Gasteiger partial charge in [-0.25, -0.2) is 4.98 Å². The molecule has 0 radical (unpaired) electrons. The van der Waals surface area contributed by atoms with Crippen LogP contribution in [0, 0.1) is 0 Å². The molecule has 2 rings (SSSR count). The van der Waals surface area contributed by atoms with Crippen LogP contribution in [-0.4, -0.2) is 22.2 Å². The minimum Gasteiger partial charge on any atom is -0.371 e. The van der Waals surface area contributed by atoms with E-state index in [1.54, 1.807) is 11.3 Å². The topological polar surface area (TPSA) is 50.7 Å². The fourth-order valence-electron chi connectivity index (χ4n) is 1.07. The second kappa shape index (κ2) is 4.02. The minimum absolute atomic E-state index is 0.745. The summed E-state index contributed by atoms with van der Waals surface area (Å²) in [6.07, 6.45) is 1.43. The molecule has 0 aliphatic carbocycles. The molecule has 0 fully saturated rings. The van der Waals surface area contributed by atoms with Crippen molar-refractivity contribution in [3.63, 3.8) is 0 Å². The molecule has 2 heterocycles. The molecular weight excluding hydrogens is 264 g/mol. The maximum atomic E-state index is 4.09. The lowest BCUT2D eigenvalue weighted by Gasteiger charge is -2.01. The number of nitrogens with one attached hydrogen (secondary N) is 1. The van der Waals surface area contributed by atoms with Crippen LogP contribution in [0.4, 0.5) is 5.82 Å². The fourth-order valence-corrected chi connectivity index (χ4v) is 2.44. The summed E-state index contributed by atoms with van der Waals surface area (Å²) in [5.41, 5.74) is 0.783. The predicted molar refractivity (Wildman–Crippen MR) is 60.4 cm³/mol. The van der Waals surface area contributed by atoms with Gasteiger partial charge in [-0.3, -0.25) is 0 Å². The van der Waals surface area contributed by atoms with Gasteiger partial charge in [0.05, 0.1) is 8.66 Å². The van der Waals surface area contributed by atoms with Gasteiger partial charge in [-0.05, 0) is 28.1 Å². The van der Waals surface area contributed by atoms with Crippen LogP contribution >= 0.6 is 27.3 Å². The standard InChI is InChI=1S/C8H7BrN4S/c1-10-8-7(13-12-4-11-8)5-2-3-6(9)14-5/h2-4H,1H3,(H,10,11,12). The van der Waals surface area contributed by atoms with Gasteiger partial charge < -0.3 is 5.32 Å². The van der Waals surface area contributed by atoms with E-state index in [9.17, 15) is 0 Å². The van der Waals surface area contributed by atoms with Crippen LogP contribution in [0.25, 0.3) is 10.6 Å². The van der Waals surface area contributed by atoms with Crippen molar-refractivity contribution in [2.75, 3.05) is 12.4 Å². The first-order valence-electron chi connectivity index (χ1n) is 3.92. The second-order valence-electron chi connectivity index (χ2n) is 2.51.